The van der Waals surface area contributed by atoms with Crippen LogP contribution in [0.5, 0.6) is 0 Å². The van der Waals surface area contributed by atoms with Crippen LogP contribution in [0.25, 0.3) is 0 Å². The summed E-state index contributed by atoms with van der Waals surface area (Å²) < 4.78 is 9.91. The average molecular weight is 364 g/mol. The van der Waals surface area contributed by atoms with Crippen LogP contribution in [0.3, 0.4) is 0 Å². The van der Waals surface area contributed by atoms with Crippen molar-refractivity contribution in [2.45, 2.75) is 65.2 Å². The average Bonchev–Trinajstić information content (AvgIpc) is 2.91. The molecule has 0 aliphatic heterocycles. The summed E-state index contributed by atoms with van der Waals surface area (Å²) in [5.74, 6) is 1.34. The van der Waals surface area contributed by atoms with Gasteiger partial charge in [0.25, 0.3) is 0 Å². The first-order valence-corrected chi connectivity index (χ1v) is 9.89. The van der Waals surface area contributed by atoms with E-state index in [1.54, 1.807) is 0 Å². The predicted molar refractivity (Wildman–Crippen MR) is 96.1 cm³/mol. The minimum absolute atomic E-state index is 0.122. The van der Waals surface area contributed by atoms with Gasteiger partial charge in [0, 0.05) is 19.3 Å². The van der Waals surface area contributed by atoms with Crippen LogP contribution >= 0.6 is 0 Å². The lowest BCUT2D eigenvalue weighted by Crippen LogP contribution is -2.52. The van der Waals surface area contributed by atoms with Gasteiger partial charge in [-0.15, -0.1) is 0 Å². The topological polar surface area (TPSA) is 69.7 Å². The molecule has 3 fully saturated rings. The summed E-state index contributed by atoms with van der Waals surface area (Å²) in [6.07, 6.45) is 6.09. The van der Waals surface area contributed by atoms with Gasteiger partial charge in [0.05, 0.1) is 20.6 Å². The van der Waals surface area contributed by atoms with Crippen molar-refractivity contribution in [3.8, 4) is 0 Å². The molecule has 0 spiro atoms. The third-order valence-electron chi connectivity index (χ3n) is 8.03. The van der Waals surface area contributed by atoms with Crippen LogP contribution in [-0.4, -0.2) is 31.9 Å². The molecule has 0 heterocycles. The first-order chi connectivity index (χ1) is 12.2. The molecule has 3 aliphatic carbocycles. The van der Waals surface area contributed by atoms with Crippen LogP contribution in [0.1, 0.15) is 65.2 Å². The number of ether oxygens (including phenoxy) is 2. The fourth-order valence-corrected chi connectivity index (χ4v) is 6.59. The maximum atomic E-state index is 12.2. The lowest BCUT2D eigenvalue weighted by Gasteiger charge is -2.57. The van der Waals surface area contributed by atoms with E-state index < -0.39 is 0 Å². The number of fused-ring (bicyclic) bond motifs is 3. The highest BCUT2D eigenvalue weighted by Crippen LogP contribution is 2.64. The molecule has 0 amide bonds. The Morgan fingerprint density at radius 2 is 1.73 bits per heavy atom. The van der Waals surface area contributed by atoms with Crippen LogP contribution in [0, 0.1) is 34.5 Å². The molecule has 0 aromatic carbocycles. The molecule has 0 aromatic heterocycles. The number of hydrogen-bond acceptors (Lipinski definition) is 5. The first-order valence-electron chi connectivity index (χ1n) is 9.89. The van der Waals surface area contributed by atoms with Crippen LogP contribution < -0.4 is 0 Å². The van der Waals surface area contributed by atoms with Gasteiger partial charge in [-0.25, -0.2) is 0 Å². The number of carbonyl (C=O) groups excluding carboxylic acids is 3. The highest BCUT2D eigenvalue weighted by Gasteiger charge is 2.59. The number of ketones is 1. The summed E-state index contributed by atoms with van der Waals surface area (Å²) in [6, 6.07) is 0. The van der Waals surface area contributed by atoms with Crippen LogP contribution in [0.15, 0.2) is 0 Å². The number of methoxy groups -OCH3 is 2. The van der Waals surface area contributed by atoms with E-state index in [4.69, 9.17) is 9.47 Å². The molecule has 3 aliphatic rings. The van der Waals surface area contributed by atoms with E-state index in [2.05, 4.69) is 13.8 Å². The van der Waals surface area contributed by atoms with E-state index in [1.165, 1.54) is 14.2 Å². The Balaban J connectivity index is 1.90. The summed E-state index contributed by atoms with van der Waals surface area (Å²) in [5, 5.41) is 0. The van der Waals surface area contributed by atoms with Gasteiger partial charge in [-0.2, -0.15) is 0 Å². The van der Waals surface area contributed by atoms with Gasteiger partial charge in [0.2, 0.25) is 0 Å². The monoisotopic (exact) mass is 364 g/mol. The molecule has 3 rings (SSSR count). The summed E-state index contributed by atoms with van der Waals surface area (Å²) in [5.41, 5.74) is -0.156. The quantitative estimate of drug-likeness (QED) is 0.714. The first kappa shape index (κ1) is 19.4. The van der Waals surface area contributed by atoms with Crippen LogP contribution in [0.2, 0.25) is 0 Å². The van der Waals surface area contributed by atoms with Crippen LogP contribution in [-0.2, 0) is 23.9 Å². The van der Waals surface area contributed by atoms with Crippen molar-refractivity contribution in [2.24, 2.45) is 34.5 Å². The Morgan fingerprint density at radius 3 is 2.38 bits per heavy atom. The molecule has 3 saturated carbocycles. The molecule has 146 valence electrons. The van der Waals surface area contributed by atoms with Gasteiger partial charge < -0.3 is 9.47 Å². The van der Waals surface area contributed by atoms with E-state index in [0.29, 0.717) is 49.2 Å². The van der Waals surface area contributed by atoms with Gasteiger partial charge in [0.1, 0.15) is 5.78 Å². The molecule has 0 unspecified atom stereocenters. The minimum Gasteiger partial charge on any atom is -0.469 e. The van der Waals surface area contributed by atoms with Gasteiger partial charge in [-0.3, -0.25) is 14.4 Å². The zero-order valence-electron chi connectivity index (χ0n) is 16.5. The Labute approximate surface area is 156 Å². The van der Waals surface area contributed by atoms with Gasteiger partial charge in [-0.1, -0.05) is 13.8 Å². The van der Waals surface area contributed by atoms with Gasteiger partial charge in [0.15, 0.2) is 0 Å². The SMILES string of the molecule is COC(=O)C[C@@H]1CC[C@H]2[C@@H]3CC(=O)C[C@@]3(C)CC[C@@H]2[C@@]1(C)CC(=O)OC. The summed E-state index contributed by atoms with van der Waals surface area (Å²) in [6.45, 7) is 4.44. The van der Waals surface area contributed by atoms with Crippen molar-refractivity contribution in [2.75, 3.05) is 14.2 Å². The zero-order chi connectivity index (χ0) is 19.1. The van der Waals surface area contributed by atoms with E-state index >= 15 is 0 Å². The highest BCUT2D eigenvalue weighted by atomic mass is 16.5. The van der Waals surface area contributed by atoms with Crippen molar-refractivity contribution in [1.82, 2.24) is 0 Å². The molecule has 0 bridgehead atoms. The number of carbonyl (C=O) groups is 3. The number of Topliss-reactive ketones (excluding diaryl/α,β-unsaturated/α-hetero) is 1. The van der Waals surface area contributed by atoms with Gasteiger partial charge >= 0.3 is 11.9 Å². The third kappa shape index (κ3) is 3.18. The summed E-state index contributed by atoms with van der Waals surface area (Å²) in [4.78, 5) is 36.4. The fraction of sp³-hybridized carbons (Fsp3) is 0.857. The lowest BCUT2D eigenvalue weighted by molar-refractivity contribution is -0.157. The maximum Gasteiger partial charge on any atom is 0.306 e. The van der Waals surface area contributed by atoms with Crippen molar-refractivity contribution in [3.05, 3.63) is 0 Å². The number of esters is 2. The number of rotatable bonds is 4. The smallest absolute Gasteiger partial charge is 0.306 e. The van der Waals surface area contributed by atoms with E-state index in [-0.39, 0.29) is 28.7 Å². The standard InChI is InChI=1S/C21H32O5/c1-20-8-7-16-15(17(20)10-14(22)11-20)6-5-13(9-18(23)25-3)21(16,2)12-19(24)26-4/h13,15-17H,5-12H2,1-4H3/t13-,15+,16-,17-,20+,21-/m0/s1. The molecule has 0 aromatic rings. The summed E-state index contributed by atoms with van der Waals surface area (Å²) >= 11 is 0. The Hall–Kier alpha value is -1.39. The maximum absolute atomic E-state index is 12.2. The van der Waals surface area contributed by atoms with E-state index in [0.717, 1.165) is 25.7 Å². The molecule has 0 saturated heterocycles. The molecule has 6 atom stereocenters. The number of hydrogen-bond donors (Lipinski definition) is 0. The minimum atomic E-state index is -0.281. The van der Waals surface area contributed by atoms with Crippen LogP contribution in [0.4, 0.5) is 0 Å². The normalized spacial score (nSPS) is 41.9. The Morgan fingerprint density at radius 1 is 1.04 bits per heavy atom. The van der Waals surface area contributed by atoms with Crippen molar-refractivity contribution >= 4 is 17.7 Å². The predicted octanol–water partition coefficient (Wildman–Crippen LogP) is 3.54. The zero-order valence-corrected chi connectivity index (χ0v) is 16.5. The van der Waals surface area contributed by atoms with Gasteiger partial charge in [-0.05, 0) is 60.2 Å². The second-order valence-corrected chi connectivity index (χ2v) is 9.30. The molecular weight excluding hydrogens is 332 g/mol. The largest absolute Gasteiger partial charge is 0.469 e. The summed E-state index contributed by atoms with van der Waals surface area (Å²) in [7, 11) is 2.84. The molecule has 5 heteroatoms. The van der Waals surface area contributed by atoms with Crippen molar-refractivity contribution < 1.29 is 23.9 Å². The molecule has 26 heavy (non-hydrogen) atoms. The molecular formula is C21H32O5. The van der Waals surface area contributed by atoms with Crippen molar-refractivity contribution in [1.29, 1.82) is 0 Å². The second-order valence-electron chi connectivity index (χ2n) is 9.30. The molecule has 5 nitrogen and oxygen atoms in total. The van der Waals surface area contributed by atoms with E-state index in [9.17, 15) is 14.4 Å². The lowest BCUT2D eigenvalue weighted by atomic mass is 9.47. The Kier molecular flexibility index (Phi) is 5.19. The Bertz CT molecular complexity index is 599. The molecule has 0 radical (unpaired) electrons. The fourth-order valence-electron chi connectivity index (χ4n) is 6.59. The van der Waals surface area contributed by atoms with E-state index in [1.807, 2.05) is 0 Å². The third-order valence-corrected chi connectivity index (χ3v) is 8.03. The van der Waals surface area contributed by atoms with Crippen molar-refractivity contribution in [3.63, 3.8) is 0 Å². The highest BCUT2D eigenvalue weighted by molar-refractivity contribution is 5.82. The second kappa shape index (κ2) is 6.97. The molecule has 0 N–H and O–H groups in total.